The highest BCUT2D eigenvalue weighted by atomic mass is 15.4. The normalized spacial score (nSPS) is 26.6. The summed E-state index contributed by atoms with van der Waals surface area (Å²) >= 11 is 0. The van der Waals surface area contributed by atoms with Crippen LogP contribution in [0.1, 0.15) is 53.7 Å². The molecule has 2 aliphatic heterocycles. The fourth-order valence-electron chi connectivity index (χ4n) is 6.40. The summed E-state index contributed by atoms with van der Waals surface area (Å²) in [7, 11) is 2.19. The molecule has 3 aliphatic rings. The van der Waals surface area contributed by atoms with Gasteiger partial charge in [0.05, 0.1) is 17.1 Å². The molecule has 2 aromatic carbocycles. The number of aromatic nitrogens is 3. The lowest BCUT2D eigenvalue weighted by atomic mass is 9.73. The average Bonchev–Trinajstić information content (AvgIpc) is 3.47. The van der Waals surface area contributed by atoms with Crippen LogP contribution in [0.5, 0.6) is 0 Å². The van der Waals surface area contributed by atoms with E-state index in [0.717, 1.165) is 36.4 Å². The van der Waals surface area contributed by atoms with E-state index in [2.05, 4.69) is 87.5 Å². The minimum Gasteiger partial charge on any atom is -0.341 e. The number of H-pyrrole nitrogens is 1. The topological polar surface area (TPSA) is 68.9 Å². The number of hydrogen-bond acceptors (Lipinski definition) is 5. The van der Waals surface area contributed by atoms with Gasteiger partial charge in [-0.25, -0.2) is 10.4 Å². The van der Waals surface area contributed by atoms with E-state index in [9.17, 15) is 0 Å². The Balaban J connectivity index is 1.38. The zero-order valence-electron chi connectivity index (χ0n) is 19.5. The van der Waals surface area contributed by atoms with Crippen molar-refractivity contribution in [2.75, 3.05) is 7.05 Å². The van der Waals surface area contributed by atoms with E-state index < -0.39 is 0 Å². The van der Waals surface area contributed by atoms with E-state index in [1.807, 2.05) is 6.20 Å². The zero-order chi connectivity index (χ0) is 22.6. The number of aromatic amines is 1. The Hall–Kier alpha value is -3.06. The van der Waals surface area contributed by atoms with E-state index in [4.69, 9.17) is 4.98 Å². The molecule has 0 amide bonds. The van der Waals surface area contributed by atoms with E-state index in [1.165, 1.54) is 40.7 Å². The van der Waals surface area contributed by atoms with Gasteiger partial charge in [0, 0.05) is 37.1 Å². The van der Waals surface area contributed by atoms with Gasteiger partial charge in [-0.3, -0.25) is 15.3 Å². The first kappa shape index (κ1) is 20.3. The van der Waals surface area contributed by atoms with Gasteiger partial charge >= 0.3 is 0 Å². The quantitative estimate of drug-likeness (QED) is 0.363. The summed E-state index contributed by atoms with van der Waals surface area (Å²) < 4.78 is 0. The minimum atomic E-state index is 0.178. The van der Waals surface area contributed by atoms with Gasteiger partial charge in [0.25, 0.3) is 0 Å². The number of nitrogens with zero attached hydrogens (tertiary/aromatic N) is 3. The van der Waals surface area contributed by atoms with Crippen molar-refractivity contribution in [3.63, 3.8) is 0 Å². The molecule has 8 bridgehead atoms. The lowest BCUT2D eigenvalue weighted by molar-refractivity contribution is 0.274. The Kier molecular flexibility index (Phi) is 4.79. The third-order valence-corrected chi connectivity index (χ3v) is 8.01. The second kappa shape index (κ2) is 8.01. The molecular formula is C28H30N6. The first-order chi connectivity index (χ1) is 16.7. The highest BCUT2D eigenvalue weighted by Crippen LogP contribution is 2.44. The fourth-order valence-corrected chi connectivity index (χ4v) is 6.40. The summed E-state index contributed by atoms with van der Waals surface area (Å²) in [6, 6.07) is 18.4. The summed E-state index contributed by atoms with van der Waals surface area (Å²) in [4.78, 5) is 15.9. The van der Waals surface area contributed by atoms with Gasteiger partial charge in [-0.15, -0.1) is 0 Å². The molecule has 0 radical (unpaired) electrons. The van der Waals surface area contributed by atoms with Crippen LogP contribution in [0.3, 0.4) is 0 Å². The van der Waals surface area contributed by atoms with Gasteiger partial charge in [0.2, 0.25) is 0 Å². The second-order valence-electron chi connectivity index (χ2n) is 10.4. The van der Waals surface area contributed by atoms with Gasteiger partial charge in [0.15, 0.2) is 0 Å². The minimum absolute atomic E-state index is 0.178. The first-order valence-corrected chi connectivity index (χ1v) is 12.4. The number of benzene rings is 2. The number of rotatable bonds is 0. The lowest BCUT2D eigenvalue weighted by Gasteiger charge is -2.33. The van der Waals surface area contributed by atoms with Crippen molar-refractivity contribution >= 4 is 11.0 Å². The monoisotopic (exact) mass is 450 g/mol. The highest BCUT2D eigenvalue weighted by Gasteiger charge is 2.42. The Morgan fingerprint density at radius 1 is 0.941 bits per heavy atom. The smallest absolute Gasteiger partial charge is 0.126 e. The van der Waals surface area contributed by atoms with Gasteiger partial charge in [-0.05, 0) is 72.5 Å². The third-order valence-electron chi connectivity index (χ3n) is 8.01. The maximum atomic E-state index is 5.18. The zero-order valence-corrected chi connectivity index (χ0v) is 19.5. The predicted molar refractivity (Wildman–Crippen MR) is 134 cm³/mol. The van der Waals surface area contributed by atoms with Gasteiger partial charge in [-0.2, -0.15) is 0 Å². The molecule has 1 saturated carbocycles. The van der Waals surface area contributed by atoms with Crippen LogP contribution in [0.25, 0.3) is 22.2 Å². The van der Waals surface area contributed by atoms with E-state index >= 15 is 0 Å². The molecule has 6 heteroatoms. The fraction of sp³-hybridized carbons (Fsp3) is 0.357. The Morgan fingerprint density at radius 3 is 2.82 bits per heavy atom. The average molecular weight is 451 g/mol. The van der Waals surface area contributed by atoms with Gasteiger partial charge in [-0.1, -0.05) is 36.4 Å². The summed E-state index contributed by atoms with van der Waals surface area (Å²) in [5.41, 5.74) is 15.7. The number of imidazole rings is 1. The molecule has 4 heterocycles. The molecule has 4 unspecified atom stereocenters. The number of para-hydroxylation sites is 1. The molecule has 4 atom stereocenters. The van der Waals surface area contributed by atoms with Crippen LogP contribution in [0.2, 0.25) is 0 Å². The van der Waals surface area contributed by atoms with Crippen molar-refractivity contribution in [3.05, 3.63) is 83.4 Å². The van der Waals surface area contributed by atoms with Gasteiger partial charge in [0.1, 0.15) is 5.82 Å². The molecule has 4 aromatic rings. The van der Waals surface area contributed by atoms with Crippen molar-refractivity contribution in [1.29, 1.82) is 0 Å². The number of hydrazine groups is 1. The molecule has 3 N–H and O–H groups in total. The van der Waals surface area contributed by atoms with Crippen molar-refractivity contribution < 1.29 is 0 Å². The van der Waals surface area contributed by atoms with Crippen LogP contribution >= 0.6 is 0 Å². The maximum absolute atomic E-state index is 5.18. The molecule has 2 aromatic heterocycles. The molecule has 7 rings (SSSR count). The van der Waals surface area contributed by atoms with Crippen molar-refractivity contribution in [2.24, 2.45) is 5.92 Å². The standard InChI is InChI=1S/C28H30N6/c1-34-15-17-4-2-5-20(10-17)22-6-3-7-25-26(22)31-28(30-25)27-23-12-19(8-9-24(23)32-33-27)21-11-18(16-34)13-29-14-21/h2-7,10-11,13-14,19,23-24,27,32-33H,8-9,12,15-16H2,1H3,(H,30,31). The molecular weight excluding hydrogens is 420 g/mol. The van der Waals surface area contributed by atoms with Crippen LogP contribution < -0.4 is 10.9 Å². The maximum Gasteiger partial charge on any atom is 0.126 e. The van der Waals surface area contributed by atoms with E-state index in [1.54, 1.807) is 0 Å². The van der Waals surface area contributed by atoms with Crippen LogP contribution in [0, 0.1) is 5.92 Å². The number of hydrogen-bond donors (Lipinski definition) is 3. The van der Waals surface area contributed by atoms with Gasteiger partial charge < -0.3 is 4.98 Å². The Morgan fingerprint density at radius 2 is 1.85 bits per heavy atom. The van der Waals surface area contributed by atoms with Crippen LogP contribution in [-0.4, -0.2) is 32.9 Å². The predicted octanol–water partition coefficient (Wildman–Crippen LogP) is 4.67. The lowest BCUT2D eigenvalue weighted by Crippen LogP contribution is -2.34. The van der Waals surface area contributed by atoms with Crippen molar-refractivity contribution in [2.45, 2.75) is 50.4 Å². The van der Waals surface area contributed by atoms with Crippen molar-refractivity contribution in [1.82, 2.24) is 30.7 Å². The first-order valence-electron chi connectivity index (χ1n) is 12.4. The van der Waals surface area contributed by atoms with Crippen LogP contribution in [0.4, 0.5) is 0 Å². The summed E-state index contributed by atoms with van der Waals surface area (Å²) in [5.74, 6) is 2.07. The summed E-state index contributed by atoms with van der Waals surface area (Å²) in [5, 5.41) is 0. The molecule has 0 spiro atoms. The third kappa shape index (κ3) is 3.45. The highest BCUT2D eigenvalue weighted by molar-refractivity contribution is 5.92. The van der Waals surface area contributed by atoms with Crippen LogP contribution in [0.15, 0.2) is 60.9 Å². The summed E-state index contributed by atoms with van der Waals surface area (Å²) in [6.45, 7) is 1.79. The Bertz CT molecular complexity index is 1360. The molecule has 1 saturated heterocycles. The van der Waals surface area contributed by atoms with Crippen molar-refractivity contribution in [3.8, 4) is 11.1 Å². The molecule has 1 aliphatic carbocycles. The molecule has 2 fully saturated rings. The molecule has 172 valence electrons. The Labute approximate surface area is 199 Å². The second-order valence-corrected chi connectivity index (χ2v) is 10.4. The number of fused-ring (bicyclic) bond motifs is 9. The summed E-state index contributed by atoms with van der Waals surface area (Å²) in [6.07, 6.45) is 7.62. The number of nitrogens with one attached hydrogen (secondary N) is 3. The van der Waals surface area contributed by atoms with E-state index in [0.29, 0.717) is 17.9 Å². The molecule has 6 nitrogen and oxygen atoms in total. The largest absolute Gasteiger partial charge is 0.341 e. The molecule has 34 heavy (non-hydrogen) atoms. The number of pyridine rings is 1. The van der Waals surface area contributed by atoms with E-state index in [-0.39, 0.29) is 6.04 Å². The van der Waals surface area contributed by atoms with Crippen LogP contribution in [-0.2, 0) is 13.1 Å². The SMILES string of the molecule is CN1Cc2cccc(c2)-c2cccc3[nH]c(nc23)C2NNC3CCC(CC32)c2cncc(c2)C1.